The van der Waals surface area contributed by atoms with Crippen LogP contribution >= 0.6 is 0 Å². The molecule has 8 heterocycles. The van der Waals surface area contributed by atoms with Gasteiger partial charge in [-0.15, -0.1) is 0 Å². The molecular weight excluding hydrogens is 1720 g/mol. The van der Waals surface area contributed by atoms with Crippen molar-refractivity contribution < 1.29 is 101 Å². The number of carbonyl (C=O) groups is 10. The molecule has 4 bridgehead atoms. The molecule has 9 aliphatic rings. The number of hydrogen-bond donors (Lipinski definition) is 10. The molecule has 3 aromatic carbocycles. The third-order valence-corrected chi connectivity index (χ3v) is 27.9. The average Bonchev–Trinajstić information content (AvgIpc) is 1.57. The van der Waals surface area contributed by atoms with Crippen LogP contribution in [0.1, 0.15) is 195 Å². The van der Waals surface area contributed by atoms with Gasteiger partial charge >= 0.3 is 23.8 Å². The highest BCUT2D eigenvalue weighted by Crippen LogP contribution is 2.55. The van der Waals surface area contributed by atoms with Gasteiger partial charge in [0.25, 0.3) is 29.1 Å². The highest BCUT2D eigenvalue weighted by atomic mass is 19.1. The van der Waals surface area contributed by atoms with Crippen LogP contribution in [0.2, 0.25) is 0 Å². The summed E-state index contributed by atoms with van der Waals surface area (Å²) in [5.41, 5.74) is 5.93. The van der Waals surface area contributed by atoms with Gasteiger partial charge in [0.05, 0.1) is 52.9 Å². The third-order valence-electron chi connectivity index (χ3n) is 27.9. The molecule has 3 aliphatic carbocycles. The number of nitrogens with zero attached hydrogens (tertiary/aromatic N) is 6. The monoisotopic (exact) mass is 1830 g/mol. The Morgan fingerprint density at radius 1 is 0.827 bits per heavy atom. The number of amides is 8. The number of Topliss-reactive ketones (excluding diaryl/α,β-unsaturated/α-hetero) is 1. The quantitative estimate of drug-likeness (QED) is 0.00716. The number of ketones is 1. The average molecular weight is 1840 g/mol. The summed E-state index contributed by atoms with van der Waals surface area (Å²) in [6.07, 6.45) is 13.8. The van der Waals surface area contributed by atoms with Crippen molar-refractivity contribution in [3.05, 3.63) is 157 Å². The number of ether oxygens (including phenoxy) is 5. The van der Waals surface area contributed by atoms with Crippen molar-refractivity contribution in [1.82, 2.24) is 35.1 Å². The van der Waals surface area contributed by atoms with E-state index in [1.807, 2.05) is 6.92 Å². The number of hydrogen-bond acceptors (Lipinski definition) is 25. The highest BCUT2D eigenvalue weighted by molar-refractivity contribution is 6.23. The Morgan fingerprint density at radius 2 is 1.53 bits per heavy atom. The number of urea groups is 1. The number of unbranched alkanes of at least 4 members (excludes halogenated alkanes) is 2. The number of phenolic OH excluding ortho intramolecular Hbond substituents is 1. The normalized spacial score (nSPS) is 23.4. The molecule has 0 unspecified atom stereocenters. The number of carbonyl (C=O) groups excluding carboxylic acids is 9. The summed E-state index contributed by atoms with van der Waals surface area (Å²) in [7, 11) is 3.57. The minimum Gasteiger partial charge on any atom is -0.507 e. The van der Waals surface area contributed by atoms with Gasteiger partial charge in [-0.2, -0.15) is 0 Å². The van der Waals surface area contributed by atoms with Crippen LogP contribution < -0.4 is 62.6 Å². The van der Waals surface area contributed by atoms with Crippen LogP contribution in [0.25, 0.3) is 38.8 Å². The fourth-order valence-electron chi connectivity index (χ4n) is 19.8. The number of aromatic hydroxyl groups is 1. The molecule has 6 aliphatic heterocycles. The van der Waals surface area contributed by atoms with Crippen molar-refractivity contribution >= 4 is 109 Å². The number of methoxy groups -OCH3 is 1. The lowest BCUT2D eigenvalue weighted by Crippen LogP contribution is -2.54. The Morgan fingerprint density at radius 3 is 2.18 bits per heavy atom. The summed E-state index contributed by atoms with van der Waals surface area (Å²) < 4.78 is 56.4. The molecular formula is C98H119FN12O22. The first-order valence-electron chi connectivity index (χ1n) is 45.7. The van der Waals surface area contributed by atoms with Crippen LogP contribution in [0.5, 0.6) is 17.2 Å². The van der Waals surface area contributed by atoms with Gasteiger partial charge < -0.3 is 90.6 Å². The van der Waals surface area contributed by atoms with E-state index in [1.54, 1.807) is 90.1 Å². The number of pyridine rings is 2. The van der Waals surface area contributed by atoms with E-state index in [0.29, 0.717) is 92.0 Å². The van der Waals surface area contributed by atoms with Gasteiger partial charge in [-0.1, -0.05) is 78.3 Å². The van der Waals surface area contributed by atoms with Crippen molar-refractivity contribution in [3.63, 3.8) is 0 Å². The van der Waals surface area contributed by atoms with Crippen LogP contribution in [-0.4, -0.2) is 206 Å². The van der Waals surface area contributed by atoms with Crippen molar-refractivity contribution in [2.75, 3.05) is 73.9 Å². The molecule has 0 radical (unpaired) electrons. The molecule has 8 amide bonds. The zero-order valence-corrected chi connectivity index (χ0v) is 77.2. The molecule has 2 saturated carbocycles. The lowest BCUT2D eigenvalue weighted by Gasteiger charge is -2.43. The van der Waals surface area contributed by atoms with E-state index in [1.165, 1.54) is 75.8 Å². The number of carboxylic acid groups (broad SMARTS) is 1. The molecule has 2 aromatic heterocycles. The summed E-state index contributed by atoms with van der Waals surface area (Å²) in [5, 5.41) is 59.3. The van der Waals surface area contributed by atoms with Gasteiger partial charge in [-0.05, 0) is 157 Å². The Kier molecular flexibility index (Phi) is 28.8. The maximum Gasteiger partial charge on any atom is 0.341 e. The number of aromatic carboxylic acids is 1. The molecule has 0 spiro atoms. The number of aryl methyl sites for hydroxylation is 1. The van der Waals surface area contributed by atoms with Gasteiger partial charge in [0.15, 0.2) is 22.9 Å². The van der Waals surface area contributed by atoms with E-state index in [-0.39, 0.29) is 119 Å². The smallest absolute Gasteiger partial charge is 0.341 e. The second kappa shape index (κ2) is 39.7. The van der Waals surface area contributed by atoms with Gasteiger partial charge in [0, 0.05) is 154 Å². The number of aliphatic hydroxyl groups excluding tert-OH is 2. The number of aromatic nitrogens is 2. The highest BCUT2D eigenvalue weighted by Gasteiger charge is 2.57. The fourth-order valence-corrected chi connectivity index (χ4v) is 19.8. The first kappa shape index (κ1) is 96.5. The molecule has 4 fully saturated rings. The number of halogens is 1. The number of benzene rings is 4. The number of rotatable bonds is 28. The predicted octanol–water partition coefficient (Wildman–Crippen LogP) is 10.6. The number of esters is 1. The number of allylic oxidation sites excluding steroid dienone is 2. The SMILES string of the molecule is CO[C@H]1C=CO[C@@]2(C)Oc3c(C)c(O)c4c(=O)c(c5oc6cc(N7CCC(N(C)C8([C@H]9CCN(c%10c(F)cn%11c(=O)c(C(=O)O)cc(C%12CC%12)c%11c%10C)C9)CC8)CC7)cc(OCc7ccc(NC(=O)[C@H](CCCNC(N)=O)NC(=O)[C@@H](NC(=O)CCCCCN8C(=O)C=CC8=O)C(C)C)cc7)c6nc-5c4c3C2=O)NC(=O)C(C)=CC=C[C@H](C)[C@H](O)[C@@H](C)[C@@H](O)[C@@H](C)[C@H](OC(C)=O)[C@@H]1C. The van der Waals surface area contributed by atoms with Crippen LogP contribution in [0.3, 0.4) is 0 Å². The van der Waals surface area contributed by atoms with Crippen LogP contribution in [0.4, 0.5) is 31.9 Å². The lowest BCUT2D eigenvalue weighted by atomic mass is 9.78. The molecule has 710 valence electrons. The minimum absolute atomic E-state index is 0.0285. The molecule has 35 heteroatoms. The first-order valence-corrected chi connectivity index (χ1v) is 45.7. The molecule has 5 aromatic rings. The van der Waals surface area contributed by atoms with E-state index in [9.17, 15) is 68.4 Å². The van der Waals surface area contributed by atoms with Gasteiger partial charge in [0.1, 0.15) is 58.8 Å². The van der Waals surface area contributed by atoms with E-state index in [4.69, 9.17) is 38.8 Å². The number of nitrogens with two attached hydrogens (primary N) is 1. The predicted molar refractivity (Wildman–Crippen MR) is 493 cm³/mol. The molecule has 11 N–H and O–H groups in total. The number of piperidine rings is 1. The molecule has 12 atom stereocenters. The number of nitrogens with one attached hydrogen (secondary N) is 5. The second-order valence-electron chi connectivity index (χ2n) is 37.2. The maximum absolute atomic E-state index is 16.7. The fraction of sp³-hybridized carbons (Fsp3) is 0.500. The Balaban J connectivity index is 0.794. The van der Waals surface area contributed by atoms with Crippen molar-refractivity contribution in [1.29, 1.82) is 0 Å². The first-order chi connectivity index (χ1) is 63.2. The summed E-state index contributed by atoms with van der Waals surface area (Å²) in [6, 6.07) is 8.67. The van der Waals surface area contributed by atoms with Crippen LogP contribution in [0, 0.1) is 55.2 Å². The van der Waals surface area contributed by atoms with E-state index >= 15 is 14.0 Å². The Hall–Kier alpha value is -12.6. The lowest BCUT2D eigenvalue weighted by molar-refractivity contribution is -0.160. The van der Waals surface area contributed by atoms with Gasteiger partial charge in [-0.3, -0.25) is 62.1 Å². The zero-order chi connectivity index (χ0) is 95.8. The van der Waals surface area contributed by atoms with Gasteiger partial charge in [0.2, 0.25) is 23.2 Å². The summed E-state index contributed by atoms with van der Waals surface area (Å²) in [6.45, 7) is 19.8. The van der Waals surface area contributed by atoms with Crippen molar-refractivity contribution in [2.24, 2.45) is 41.2 Å². The minimum atomic E-state index is -2.24. The third kappa shape index (κ3) is 19.9. The van der Waals surface area contributed by atoms with Gasteiger partial charge in [-0.25, -0.2) is 19.0 Å². The van der Waals surface area contributed by atoms with Crippen molar-refractivity contribution in [3.8, 4) is 28.7 Å². The van der Waals surface area contributed by atoms with Crippen LogP contribution in [0.15, 0.2) is 111 Å². The number of aliphatic hydroxyl groups is 2. The number of fused-ring (bicyclic) bond motifs is 3. The van der Waals surface area contributed by atoms with E-state index < -0.39 is 170 Å². The molecule has 34 nitrogen and oxygen atoms in total. The Labute approximate surface area is 768 Å². The summed E-state index contributed by atoms with van der Waals surface area (Å²) in [5.74, 6) is -13.1. The maximum atomic E-state index is 16.7. The molecule has 133 heavy (non-hydrogen) atoms. The van der Waals surface area contributed by atoms with E-state index in [2.05, 4.69) is 48.3 Å². The number of primary amides is 1. The number of phenols is 1. The summed E-state index contributed by atoms with van der Waals surface area (Å²) in [4.78, 5) is 176. The Bertz CT molecular complexity index is 5970. The van der Waals surface area contributed by atoms with E-state index in [0.717, 1.165) is 48.8 Å². The number of imide groups is 1. The summed E-state index contributed by atoms with van der Waals surface area (Å²) >= 11 is 0. The zero-order valence-electron chi connectivity index (χ0n) is 77.2. The number of anilines is 4. The van der Waals surface area contributed by atoms with Crippen LogP contribution in [-0.2, 0) is 54.4 Å². The number of carboxylic acids is 1. The van der Waals surface area contributed by atoms with Crippen molar-refractivity contribution in [2.45, 2.75) is 226 Å². The standard InChI is InChI=1S/C98H119FN12O22/c1-49(2)77(104-71(113)22-15-14-16-38-110-72(114)29-30-73(110)115)93(123)103-67(21-18-37-101-96(100)127)92(122)102-61-27-23-58(24-28-61)48-129-69-43-63(108-40-32-62(33-41-108)107(12)98(35-36-98)60-31-39-109(46-60)82-53(6)81-64(59-25-26-59)45-65(95(125)126)94(124)111(81)47-66(82)99)44-70-78(69)105-79-74-75-85(118)56(9)88-76(74)90(120)97(11,133-88)130-42-34-68(128-13)52(5)87(131-57(10)112)55(8)84(117)54(7)83(116)50(3)19-17-20-51(4)91(121)106-80(86(75)119)89(79)132-70/h17,19-20,23-24,27-30,34,42-45,47,49-50,52,54-55,59-60,62,67-68,77,83-84,87,116-118H,14-16,18,21-22,25-26,31-33,35-41,46,48H2,1-13H3,(H,102,122)(H,103,123)(H,104,113)(H,106,121)(H,125,126)(H3,100,101,127)/t50-,52+,54+,55+,60-,67-,68-,77-,83-,84+,87+,97-/m0/s1. The second-order valence-corrected chi connectivity index (χ2v) is 37.2. The largest absolute Gasteiger partial charge is 0.507 e. The molecule has 2 saturated heterocycles. The molecule has 14 rings (SSSR count). The topological polar surface area (TPSA) is 461 Å².